The molecule has 0 aromatic heterocycles. The molecule has 1 aromatic carbocycles. The van der Waals surface area contributed by atoms with Gasteiger partial charge in [-0.3, -0.25) is 0 Å². The second-order valence-corrected chi connectivity index (χ2v) is 7.19. The molecule has 21 heavy (non-hydrogen) atoms. The molecule has 1 aromatic rings. The molecule has 116 valence electrons. The molecule has 0 amide bonds. The van der Waals surface area contributed by atoms with E-state index in [1.54, 1.807) is 0 Å². The smallest absolute Gasteiger partial charge is 0.00988 e. The van der Waals surface area contributed by atoms with Crippen molar-refractivity contribution in [1.29, 1.82) is 0 Å². The maximum absolute atomic E-state index is 3.72. The quantitative estimate of drug-likeness (QED) is 0.803. The normalized spacial score (nSPS) is 30.5. The predicted molar refractivity (Wildman–Crippen MR) is 89.6 cm³/mol. The third kappa shape index (κ3) is 3.67. The first-order valence-corrected chi connectivity index (χ1v) is 8.71. The summed E-state index contributed by atoms with van der Waals surface area (Å²) in [7, 11) is 2.33. The zero-order valence-corrected chi connectivity index (χ0v) is 13.6. The molecular weight excluding hydrogens is 256 g/mol. The molecule has 3 rings (SSSR count). The van der Waals surface area contributed by atoms with Crippen molar-refractivity contribution >= 4 is 0 Å². The zero-order valence-electron chi connectivity index (χ0n) is 13.6. The Morgan fingerprint density at radius 2 is 1.81 bits per heavy atom. The van der Waals surface area contributed by atoms with E-state index in [1.165, 1.54) is 44.2 Å². The highest BCUT2D eigenvalue weighted by Gasteiger charge is 2.37. The Morgan fingerprint density at radius 1 is 1.14 bits per heavy atom. The molecule has 2 aliphatic heterocycles. The molecule has 0 spiro atoms. The Morgan fingerprint density at radius 3 is 2.48 bits per heavy atom. The highest BCUT2D eigenvalue weighted by atomic mass is 15.2. The summed E-state index contributed by atoms with van der Waals surface area (Å²) < 4.78 is 0. The van der Waals surface area contributed by atoms with Crippen LogP contribution >= 0.6 is 0 Å². The topological polar surface area (TPSA) is 15.3 Å². The van der Waals surface area contributed by atoms with Crippen molar-refractivity contribution in [2.75, 3.05) is 20.1 Å². The van der Waals surface area contributed by atoms with Crippen LogP contribution in [0.5, 0.6) is 0 Å². The number of hydrogen-bond acceptors (Lipinski definition) is 2. The first-order chi connectivity index (χ1) is 10.2. The van der Waals surface area contributed by atoms with Gasteiger partial charge in [0.05, 0.1) is 0 Å². The molecule has 2 nitrogen and oxygen atoms in total. The molecule has 2 saturated heterocycles. The number of benzene rings is 1. The van der Waals surface area contributed by atoms with Gasteiger partial charge in [-0.15, -0.1) is 0 Å². The van der Waals surface area contributed by atoms with E-state index in [2.05, 4.69) is 54.5 Å². The molecule has 2 heteroatoms. The van der Waals surface area contributed by atoms with E-state index in [4.69, 9.17) is 0 Å². The fraction of sp³-hybridized carbons (Fsp3) is 0.684. The van der Waals surface area contributed by atoms with Gasteiger partial charge in [0.1, 0.15) is 0 Å². The lowest BCUT2D eigenvalue weighted by Gasteiger charge is -2.36. The van der Waals surface area contributed by atoms with Crippen molar-refractivity contribution < 1.29 is 0 Å². The van der Waals surface area contributed by atoms with Crippen molar-refractivity contribution in [3.05, 3.63) is 35.9 Å². The van der Waals surface area contributed by atoms with Crippen LogP contribution in [-0.2, 0) is 0 Å². The number of rotatable bonds is 6. The molecule has 0 radical (unpaired) electrons. The molecular formula is C19H30N2. The first-order valence-electron chi connectivity index (χ1n) is 8.71. The fourth-order valence-corrected chi connectivity index (χ4v) is 4.26. The van der Waals surface area contributed by atoms with Crippen LogP contribution in [0, 0.1) is 5.92 Å². The molecule has 0 aliphatic carbocycles. The van der Waals surface area contributed by atoms with Crippen LogP contribution in [0.1, 0.15) is 50.5 Å². The van der Waals surface area contributed by atoms with Gasteiger partial charge in [0.25, 0.3) is 0 Å². The molecule has 2 aliphatic rings. The maximum atomic E-state index is 3.72. The van der Waals surface area contributed by atoms with Crippen LogP contribution in [0.25, 0.3) is 0 Å². The Labute approximate surface area is 129 Å². The van der Waals surface area contributed by atoms with Gasteiger partial charge in [-0.25, -0.2) is 0 Å². The van der Waals surface area contributed by atoms with Gasteiger partial charge in [-0.2, -0.15) is 0 Å². The van der Waals surface area contributed by atoms with Gasteiger partial charge in [0.2, 0.25) is 0 Å². The van der Waals surface area contributed by atoms with Gasteiger partial charge in [-0.05, 0) is 69.6 Å². The highest BCUT2D eigenvalue weighted by molar-refractivity contribution is 5.18. The second-order valence-electron chi connectivity index (χ2n) is 7.19. The van der Waals surface area contributed by atoms with E-state index in [1.807, 2.05) is 0 Å². The standard InChI is InChI=1S/C19H30N2/c1-15(17-6-4-3-5-7-17)10-11-20-14-16-12-18-8-9-19(13-16)21(18)2/h3-7,15-16,18-20H,8-14H2,1-2H3. The van der Waals surface area contributed by atoms with Crippen LogP contribution in [0.15, 0.2) is 30.3 Å². The third-order valence-electron chi connectivity index (χ3n) is 5.75. The van der Waals surface area contributed by atoms with Crippen LogP contribution in [0.3, 0.4) is 0 Å². The number of fused-ring (bicyclic) bond motifs is 2. The van der Waals surface area contributed by atoms with Gasteiger partial charge in [-0.1, -0.05) is 37.3 Å². The lowest BCUT2D eigenvalue weighted by molar-refractivity contribution is 0.133. The summed E-state index contributed by atoms with van der Waals surface area (Å²) in [5.41, 5.74) is 1.47. The van der Waals surface area contributed by atoms with Crippen molar-refractivity contribution in [3.63, 3.8) is 0 Å². The van der Waals surface area contributed by atoms with Crippen molar-refractivity contribution in [1.82, 2.24) is 10.2 Å². The van der Waals surface area contributed by atoms with E-state index < -0.39 is 0 Å². The zero-order chi connectivity index (χ0) is 14.7. The van der Waals surface area contributed by atoms with Gasteiger partial charge in [0.15, 0.2) is 0 Å². The van der Waals surface area contributed by atoms with Crippen LogP contribution < -0.4 is 5.32 Å². The van der Waals surface area contributed by atoms with Gasteiger partial charge in [0, 0.05) is 12.1 Å². The molecule has 2 heterocycles. The monoisotopic (exact) mass is 286 g/mol. The number of piperidine rings is 1. The predicted octanol–water partition coefficient (Wildman–Crippen LogP) is 3.64. The minimum Gasteiger partial charge on any atom is -0.316 e. The van der Waals surface area contributed by atoms with Crippen molar-refractivity contribution in [2.24, 2.45) is 5.92 Å². The lowest BCUT2D eigenvalue weighted by Crippen LogP contribution is -2.42. The van der Waals surface area contributed by atoms with Crippen molar-refractivity contribution in [2.45, 2.75) is 57.0 Å². The summed E-state index contributed by atoms with van der Waals surface area (Å²) >= 11 is 0. The minimum absolute atomic E-state index is 0.660. The summed E-state index contributed by atoms with van der Waals surface area (Å²) in [5, 5.41) is 3.72. The molecule has 2 fully saturated rings. The molecule has 2 bridgehead atoms. The molecule has 1 N–H and O–H groups in total. The Bertz CT molecular complexity index is 416. The van der Waals surface area contributed by atoms with Crippen LogP contribution in [0.2, 0.25) is 0 Å². The molecule has 3 atom stereocenters. The Balaban J connectivity index is 1.36. The SMILES string of the molecule is CC(CCNCC1CC2CCC(C1)N2C)c1ccccc1. The van der Waals surface area contributed by atoms with Gasteiger partial charge >= 0.3 is 0 Å². The van der Waals surface area contributed by atoms with E-state index in [0.29, 0.717) is 5.92 Å². The third-order valence-corrected chi connectivity index (χ3v) is 5.75. The highest BCUT2D eigenvalue weighted by Crippen LogP contribution is 2.37. The second kappa shape index (κ2) is 6.93. The largest absolute Gasteiger partial charge is 0.316 e. The average Bonchev–Trinajstić information content (AvgIpc) is 2.74. The lowest BCUT2D eigenvalue weighted by atomic mass is 9.91. The molecule has 3 unspecified atom stereocenters. The minimum atomic E-state index is 0.660. The molecule has 0 saturated carbocycles. The van der Waals surface area contributed by atoms with Crippen molar-refractivity contribution in [3.8, 4) is 0 Å². The summed E-state index contributed by atoms with van der Waals surface area (Å²) in [5.74, 6) is 1.57. The summed E-state index contributed by atoms with van der Waals surface area (Å²) in [6.07, 6.45) is 6.93. The Hall–Kier alpha value is -0.860. The van der Waals surface area contributed by atoms with Gasteiger partial charge < -0.3 is 10.2 Å². The summed E-state index contributed by atoms with van der Waals surface area (Å²) in [6.45, 7) is 4.72. The van der Waals surface area contributed by atoms with E-state index in [9.17, 15) is 0 Å². The number of nitrogens with one attached hydrogen (secondary N) is 1. The maximum Gasteiger partial charge on any atom is 0.00988 e. The summed E-state index contributed by atoms with van der Waals surface area (Å²) in [6, 6.07) is 12.6. The van der Waals surface area contributed by atoms with E-state index >= 15 is 0 Å². The first kappa shape index (κ1) is 15.1. The number of hydrogen-bond donors (Lipinski definition) is 1. The number of nitrogens with zero attached hydrogens (tertiary/aromatic N) is 1. The van der Waals surface area contributed by atoms with E-state index in [0.717, 1.165) is 24.5 Å². The fourth-order valence-electron chi connectivity index (χ4n) is 4.26. The Kier molecular flexibility index (Phi) is 4.97. The van der Waals surface area contributed by atoms with Crippen LogP contribution in [0.4, 0.5) is 0 Å². The summed E-state index contributed by atoms with van der Waals surface area (Å²) in [4.78, 5) is 2.63. The van der Waals surface area contributed by atoms with Crippen LogP contribution in [-0.4, -0.2) is 37.1 Å². The average molecular weight is 286 g/mol. The van der Waals surface area contributed by atoms with E-state index in [-0.39, 0.29) is 0 Å².